The number of rotatable bonds is 8. The number of nitrogens with zero attached hydrogens (tertiary/aromatic N) is 1. The Bertz CT molecular complexity index is 1130. The van der Waals surface area contributed by atoms with Crippen LogP contribution in [0.15, 0.2) is 36.4 Å². The maximum absolute atomic E-state index is 13.1. The van der Waals surface area contributed by atoms with Gasteiger partial charge in [0.25, 0.3) is 0 Å². The molecule has 1 amide bonds. The van der Waals surface area contributed by atoms with Gasteiger partial charge in [0.05, 0.1) is 39.3 Å². The maximum Gasteiger partial charge on any atom is 0.241 e. The maximum atomic E-state index is 13.1. The molecule has 1 aliphatic rings. The third-order valence-corrected chi connectivity index (χ3v) is 6.48. The number of anilines is 1. The third kappa shape index (κ3) is 5.62. The van der Waals surface area contributed by atoms with Crippen LogP contribution in [0.4, 0.5) is 5.69 Å². The van der Waals surface area contributed by atoms with Gasteiger partial charge in [-0.2, -0.15) is 0 Å². The van der Waals surface area contributed by atoms with Crippen molar-refractivity contribution in [3.8, 4) is 23.0 Å². The summed E-state index contributed by atoms with van der Waals surface area (Å²) in [6.07, 6.45) is 1.55. The Kier molecular flexibility index (Phi) is 6.97. The molecule has 1 atom stereocenters. The lowest BCUT2D eigenvalue weighted by Gasteiger charge is -2.38. The highest BCUT2D eigenvalue weighted by Gasteiger charge is 2.35. The number of benzene rings is 2. The Hall–Kier alpha value is -3.14. The lowest BCUT2D eigenvalue weighted by Crippen LogP contribution is -2.45. The molecule has 0 fully saturated rings. The lowest BCUT2D eigenvalue weighted by atomic mass is 9.89. The molecule has 9 nitrogen and oxygen atoms in total. The van der Waals surface area contributed by atoms with E-state index in [0.29, 0.717) is 29.4 Å². The van der Waals surface area contributed by atoms with Gasteiger partial charge in [0.2, 0.25) is 15.9 Å². The Balaban J connectivity index is 1.90. The first kappa shape index (κ1) is 24.5. The number of fused-ring (bicyclic) bond motifs is 1. The second-order valence-electron chi connectivity index (χ2n) is 8.40. The second kappa shape index (κ2) is 9.38. The van der Waals surface area contributed by atoms with Gasteiger partial charge in [-0.15, -0.1) is 0 Å². The molecule has 10 heteroatoms. The van der Waals surface area contributed by atoms with E-state index in [0.717, 1.165) is 16.1 Å². The Morgan fingerprint density at radius 2 is 1.73 bits per heavy atom. The minimum atomic E-state index is -3.81. The molecule has 2 aromatic rings. The molecule has 0 aromatic heterocycles. The van der Waals surface area contributed by atoms with Crippen molar-refractivity contribution < 1.29 is 32.2 Å². The van der Waals surface area contributed by atoms with Crippen LogP contribution in [-0.2, 0) is 14.8 Å². The lowest BCUT2D eigenvalue weighted by molar-refractivity contribution is -0.120. The smallest absolute Gasteiger partial charge is 0.241 e. The fraction of sp³-hybridized carbons (Fsp3) is 0.435. The summed E-state index contributed by atoms with van der Waals surface area (Å²) >= 11 is 0. The van der Waals surface area contributed by atoms with Gasteiger partial charge < -0.3 is 24.3 Å². The summed E-state index contributed by atoms with van der Waals surface area (Å²) in [5, 5.41) is 2.97. The predicted octanol–water partition coefficient (Wildman–Crippen LogP) is 2.90. The molecule has 1 unspecified atom stereocenters. The monoisotopic (exact) mass is 478 g/mol. The van der Waals surface area contributed by atoms with E-state index in [9.17, 15) is 13.2 Å². The molecular formula is C23H30N2O7S. The average molecular weight is 479 g/mol. The number of hydrogen-bond donors (Lipinski definition) is 1. The highest BCUT2D eigenvalue weighted by molar-refractivity contribution is 7.92. The summed E-state index contributed by atoms with van der Waals surface area (Å²) in [5.74, 6) is 1.54. The quantitative estimate of drug-likeness (QED) is 0.622. The largest absolute Gasteiger partial charge is 0.497 e. The predicted molar refractivity (Wildman–Crippen MR) is 125 cm³/mol. The number of ether oxygens (including phenoxy) is 4. The zero-order valence-electron chi connectivity index (χ0n) is 19.7. The van der Waals surface area contributed by atoms with Gasteiger partial charge in [0.1, 0.15) is 35.1 Å². The third-order valence-electron chi connectivity index (χ3n) is 5.36. The van der Waals surface area contributed by atoms with E-state index in [1.807, 2.05) is 19.9 Å². The topological polar surface area (TPSA) is 103 Å². The van der Waals surface area contributed by atoms with Crippen molar-refractivity contribution >= 4 is 21.6 Å². The summed E-state index contributed by atoms with van der Waals surface area (Å²) < 4.78 is 48.1. The number of hydrogen-bond acceptors (Lipinski definition) is 7. The molecule has 33 heavy (non-hydrogen) atoms. The molecule has 0 spiro atoms. The van der Waals surface area contributed by atoms with Crippen molar-refractivity contribution in [2.24, 2.45) is 0 Å². The van der Waals surface area contributed by atoms with E-state index in [1.165, 1.54) is 20.3 Å². The number of sulfonamides is 1. The first-order valence-corrected chi connectivity index (χ1v) is 12.2. The number of amides is 1. The van der Waals surface area contributed by atoms with Crippen LogP contribution in [0, 0.1) is 0 Å². The van der Waals surface area contributed by atoms with Crippen LogP contribution >= 0.6 is 0 Å². The molecule has 0 bridgehead atoms. The number of carbonyl (C=O) groups is 1. The summed E-state index contributed by atoms with van der Waals surface area (Å²) in [6, 6.07) is 9.81. The first-order valence-electron chi connectivity index (χ1n) is 10.3. The van der Waals surface area contributed by atoms with Gasteiger partial charge in [-0.05, 0) is 38.1 Å². The van der Waals surface area contributed by atoms with E-state index >= 15 is 0 Å². The van der Waals surface area contributed by atoms with Crippen molar-refractivity contribution in [1.82, 2.24) is 5.32 Å². The summed E-state index contributed by atoms with van der Waals surface area (Å²) in [7, 11) is 0.669. The van der Waals surface area contributed by atoms with Crippen molar-refractivity contribution in [2.45, 2.75) is 31.9 Å². The molecule has 0 radical (unpaired) electrons. The molecule has 1 N–H and O–H groups in total. The summed E-state index contributed by atoms with van der Waals surface area (Å²) in [5.41, 5.74) is 0.476. The van der Waals surface area contributed by atoms with Crippen molar-refractivity contribution in [1.29, 1.82) is 0 Å². The molecule has 1 heterocycles. The fourth-order valence-electron chi connectivity index (χ4n) is 3.83. The average Bonchev–Trinajstić information content (AvgIpc) is 2.75. The van der Waals surface area contributed by atoms with Gasteiger partial charge in [-0.3, -0.25) is 9.10 Å². The minimum Gasteiger partial charge on any atom is -0.497 e. The highest BCUT2D eigenvalue weighted by atomic mass is 32.2. The van der Waals surface area contributed by atoms with Crippen LogP contribution in [0.2, 0.25) is 0 Å². The van der Waals surface area contributed by atoms with Crippen LogP contribution in [0.1, 0.15) is 31.9 Å². The van der Waals surface area contributed by atoms with E-state index in [1.54, 1.807) is 31.4 Å². The number of methoxy groups -OCH3 is 3. The molecule has 0 saturated carbocycles. The summed E-state index contributed by atoms with van der Waals surface area (Å²) in [6.45, 7) is 3.43. The van der Waals surface area contributed by atoms with Gasteiger partial charge in [0.15, 0.2) is 0 Å². The standard InChI is InChI=1S/C23H30N2O7S/c1-23(2)13-18(17-9-7-16(30-4)12-21(17)32-23)24-22(26)14-25(33(6,27)28)19-11-15(29-3)8-10-20(19)31-5/h7-12,18H,13-14H2,1-6H3,(H,24,26). The fourth-order valence-corrected chi connectivity index (χ4v) is 4.68. The van der Waals surface area contributed by atoms with Gasteiger partial charge in [-0.1, -0.05) is 0 Å². The van der Waals surface area contributed by atoms with Crippen LogP contribution < -0.4 is 28.6 Å². The molecular weight excluding hydrogens is 448 g/mol. The van der Waals surface area contributed by atoms with E-state index in [4.69, 9.17) is 18.9 Å². The Labute approximate surface area is 194 Å². The van der Waals surface area contributed by atoms with Gasteiger partial charge >= 0.3 is 0 Å². The van der Waals surface area contributed by atoms with E-state index in [2.05, 4.69) is 5.32 Å². The number of nitrogens with one attached hydrogen (secondary N) is 1. The zero-order valence-corrected chi connectivity index (χ0v) is 20.5. The van der Waals surface area contributed by atoms with Crippen molar-refractivity contribution in [2.75, 3.05) is 38.4 Å². The second-order valence-corrected chi connectivity index (χ2v) is 10.3. The van der Waals surface area contributed by atoms with Gasteiger partial charge in [-0.25, -0.2) is 8.42 Å². The molecule has 180 valence electrons. The normalized spacial score (nSPS) is 16.7. The first-order chi connectivity index (χ1) is 15.5. The van der Waals surface area contributed by atoms with Crippen molar-refractivity contribution in [3.05, 3.63) is 42.0 Å². The van der Waals surface area contributed by atoms with E-state index < -0.39 is 28.1 Å². The van der Waals surface area contributed by atoms with Crippen LogP contribution in [-0.4, -0.2) is 54.1 Å². The molecule has 1 aliphatic heterocycles. The minimum absolute atomic E-state index is 0.215. The SMILES string of the molecule is COc1ccc2c(c1)OC(C)(C)CC2NC(=O)CN(c1cc(OC)ccc1OC)S(C)(=O)=O. The number of carbonyl (C=O) groups excluding carboxylic acids is 1. The van der Waals surface area contributed by atoms with Crippen LogP contribution in [0.5, 0.6) is 23.0 Å². The summed E-state index contributed by atoms with van der Waals surface area (Å²) in [4.78, 5) is 13.1. The molecule has 0 aliphatic carbocycles. The zero-order chi connectivity index (χ0) is 24.4. The Morgan fingerprint density at radius 1 is 1.09 bits per heavy atom. The van der Waals surface area contributed by atoms with Gasteiger partial charge in [0, 0.05) is 24.1 Å². The molecule has 0 saturated heterocycles. The van der Waals surface area contributed by atoms with Crippen molar-refractivity contribution in [3.63, 3.8) is 0 Å². The molecule has 3 rings (SSSR count). The van der Waals surface area contributed by atoms with Crippen LogP contribution in [0.25, 0.3) is 0 Å². The highest BCUT2D eigenvalue weighted by Crippen LogP contribution is 2.41. The van der Waals surface area contributed by atoms with E-state index in [-0.39, 0.29) is 11.7 Å². The Morgan fingerprint density at radius 3 is 2.33 bits per heavy atom. The van der Waals surface area contributed by atoms with Crippen LogP contribution in [0.3, 0.4) is 0 Å². The molecule has 2 aromatic carbocycles.